The molecule has 2 atom stereocenters. The molecule has 2 aromatic carbocycles. The van der Waals surface area contributed by atoms with Crippen LogP contribution in [0.25, 0.3) is 0 Å². The summed E-state index contributed by atoms with van der Waals surface area (Å²) in [6.45, 7) is 2.45. The van der Waals surface area contributed by atoms with E-state index in [1.54, 1.807) is 11.1 Å². The molecule has 1 nitrogen and oxygen atoms in total. The largest absolute Gasteiger partial charge is 0.295 e. The molecule has 19 heavy (non-hydrogen) atoms. The van der Waals surface area contributed by atoms with E-state index in [9.17, 15) is 0 Å². The Morgan fingerprint density at radius 2 is 1.58 bits per heavy atom. The Kier molecular flexibility index (Phi) is 2.66. The summed E-state index contributed by atoms with van der Waals surface area (Å²) in [6, 6.07) is 20.7. The first kappa shape index (κ1) is 11.2. The molecule has 4 rings (SSSR count). The molecule has 2 heterocycles. The highest BCUT2D eigenvalue weighted by atomic mass is 15.2. The van der Waals surface area contributed by atoms with Crippen LogP contribution in [0.2, 0.25) is 0 Å². The van der Waals surface area contributed by atoms with Crippen molar-refractivity contribution in [1.82, 2.24) is 4.90 Å². The van der Waals surface area contributed by atoms with Gasteiger partial charge in [-0.3, -0.25) is 4.90 Å². The van der Waals surface area contributed by atoms with Gasteiger partial charge in [-0.15, -0.1) is 0 Å². The molecule has 0 saturated carbocycles. The number of fused-ring (bicyclic) bond motifs is 3. The molecule has 0 N–H and O–H groups in total. The third-order valence-electron chi connectivity index (χ3n) is 4.71. The predicted octanol–water partition coefficient (Wildman–Crippen LogP) is 3.97. The third-order valence-corrected chi connectivity index (χ3v) is 4.71. The first-order valence-corrected chi connectivity index (χ1v) is 7.31. The van der Waals surface area contributed by atoms with Gasteiger partial charge in [-0.05, 0) is 36.1 Å². The van der Waals surface area contributed by atoms with E-state index in [0.717, 1.165) is 0 Å². The first-order valence-electron chi connectivity index (χ1n) is 7.31. The SMILES string of the molecule is c1ccc([C@@H]2CN3CCC[C@H]3c3ccccc32)cc1. The van der Waals surface area contributed by atoms with Crippen LogP contribution in [0.1, 0.15) is 41.5 Å². The number of rotatable bonds is 1. The fraction of sp³-hybridized carbons (Fsp3) is 0.333. The number of benzene rings is 2. The summed E-state index contributed by atoms with van der Waals surface area (Å²) in [6.07, 6.45) is 2.68. The maximum absolute atomic E-state index is 2.68. The minimum atomic E-state index is 0.548. The topological polar surface area (TPSA) is 3.24 Å². The van der Waals surface area contributed by atoms with Crippen LogP contribution in [0.15, 0.2) is 54.6 Å². The molecule has 2 aliphatic heterocycles. The van der Waals surface area contributed by atoms with Crippen molar-refractivity contribution >= 4 is 0 Å². The van der Waals surface area contributed by atoms with Gasteiger partial charge in [-0.2, -0.15) is 0 Å². The van der Waals surface area contributed by atoms with Crippen molar-refractivity contribution in [2.45, 2.75) is 24.8 Å². The van der Waals surface area contributed by atoms with Crippen molar-refractivity contribution in [2.24, 2.45) is 0 Å². The Balaban J connectivity index is 1.83. The van der Waals surface area contributed by atoms with E-state index in [0.29, 0.717) is 12.0 Å². The smallest absolute Gasteiger partial charge is 0.0351 e. The Bertz CT molecular complexity index is 575. The third kappa shape index (κ3) is 1.81. The van der Waals surface area contributed by atoms with Crippen LogP contribution in [0.4, 0.5) is 0 Å². The molecule has 2 aromatic rings. The molecule has 0 aliphatic carbocycles. The molecule has 0 amide bonds. The number of nitrogens with zero attached hydrogens (tertiary/aromatic N) is 1. The Morgan fingerprint density at radius 1 is 0.842 bits per heavy atom. The van der Waals surface area contributed by atoms with Crippen LogP contribution in [-0.2, 0) is 0 Å². The predicted molar refractivity (Wildman–Crippen MR) is 78.3 cm³/mol. The summed E-state index contributed by atoms with van der Waals surface area (Å²) in [7, 11) is 0. The fourth-order valence-corrected chi connectivity index (χ4v) is 3.83. The van der Waals surface area contributed by atoms with Gasteiger partial charge in [0, 0.05) is 18.5 Å². The maximum Gasteiger partial charge on any atom is 0.0351 e. The summed E-state index contributed by atoms with van der Waals surface area (Å²) in [5.41, 5.74) is 4.58. The monoisotopic (exact) mass is 249 g/mol. The van der Waals surface area contributed by atoms with Crippen LogP contribution in [0.3, 0.4) is 0 Å². The van der Waals surface area contributed by atoms with Gasteiger partial charge in [0.2, 0.25) is 0 Å². The molecule has 1 fully saturated rings. The zero-order chi connectivity index (χ0) is 12.7. The van der Waals surface area contributed by atoms with Gasteiger partial charge in [0.1, 0.15) is 0 Å². The van der Waals surface area contributed by atoms with Gasteiger partial charge >= 0.3 is 0 Å². The van der Waals surface area contributed by atoms with Crippen LogP contribution in [0, 0.1) is 0 Å². The molecule has 0 spiro atoms. The minimum Gasteiger partial charge on any atom is -0.295 e. The second-order valence-electron chi connectivity index (χ2n) is 5.75. The number of hydrogen-bond acceptors (Lipinski definition) is 1. The average Bonchev–Trinajstić information content (AvgIpc) is 2.96. The minimum absolute atomic E-state index is 0.548. The molecule has 96 valence electrons. The molecule has 0 unspecified atom stereocenters. The molecule has 0 aromatic heterocycles. The molecule has 2 aliphatic rings. The summed E-state index contributed by atoms with van der Waals surface area (Å²) in [5, 5.41) is 0. The van der Waals surface area contributed by atoms with Crippen molar-refractivity contribution in [2.75, 3.05) is 13.1 Å². The second kappa shape index (κ2) is 4.50. The van der Waals surface area contributed by atoms with Crippen LogP contribution >= 0.6 is 0 Å². The lowest BCUT2D eigenvalue weighted by Crippen LogP contribution is -2.34. The van der Waals surface area contributed by atoms with Crippen molar-refractivity contribution < 1.29 is 0 Å². The van der Waals surface area contributed by atoms with Gasteiger partial charge in [0.05, 0.1) is 0 Å². The van der Waals surface area contributed by atoms with E-state index < -0.39 is 0 Å². The van der Waals surface area contributed by atoms with Crippen LogP contribution < -0.4 is 0 Å². The lowest BCUT2D eigenvalue weighted by atomic mass is 9.82. The lowest BCUT2D eigenvalue weighted by Gasteiger charge is -2.37. The van der Waals surface area contributed by atoms with Crippen molar-refractivity contribution in [3.8, 4) is 0 Å². The molecule has 1 saturated heterocycles. The van der Waals surface area contributed by atoms with Gasteiger partial charge in [0.25, 0.3) is 0 Å². The van der Waals surface area contributed by atoms with E-state index in [1.165, 1.54) is 31.5 Å². The Hall–Kier alpha value is -1.60. The highest BCUT2D eigenvalue weighted by Crippen LogP contribution is 2.43. The molecular weight excluding hydrogens is 230 g/mol. The Labute approximate surface area is 114 Å². The van der Waals surface area contributed by atoms with Gasteiger partial charge in [-0.25, -0.2) is 0 Å². The highest BCUT2D eigenvalue weighted by molar-refractivity contribution is 5.42. The fourth-order valence-electron chi connectivity index (χ4n) is 3.83. The zero-order valence-corrected chi connectivity index (χ0v) is 11.1. The van der Waals surface area contributed by atoms with E-state index in [-0.39, 0.29) is 0 Å². The number of hydrogen-bond donors (Lipinski definition) is 0. The van der Waals surface area contributed by atoms with Crippen LogP contribution in [0.5, 0.6) is 0 Å². The second-order valence-corrected chi connectivity index (χ2v) is 5.75. The first-order chi connectivity index (χ1) is 9.43. The average molecular weight is 249 g/mol. The van der Waals surface area contributed by atoms with E-state index in [1.807, 2.05) is 0 Å². The standard InChI is InChI=1S/C18H19N/c1-2-7-14(8-3-1)17-13-19-12-6-11-18(19)16-10-5-4-9-15(16)17/h1-5,7-10,17-18H,6,11-13H2/t17-,18-/m0/s1. The van der Waals surface area contributed by atoms with E-state index >= 15 is 0 Å². The summed E-state index contributed by atoms with van der Waals surface area (Å²) in [4.78, 5) is 2.68. The molecule has 0 radical (unpaired) electrons. The summed E-state index contributed by atoms with van der Waals surface area (Å²) in [5.74, 6) is 0.548. The van der Waals surface area contributed by atoms with Crippen molar-refractivity contribution in [1.29, 1.82) is 0 Å². The van der Waals surface area contributed by atoms with Crippen molar-refractivity contribution in [3.63, 3.8) is 0 Å². The van der Waals surface area contributed by atoms with Gasteiger partial charge in [-0.1, -0.05) is 54.6 Å². The molecule has 0 bridgehead atoms. The lowest BCUT2D eigenvalue weighted by molar-refractivity contribution is 0.230. The highest BCUT2D eigenvalue weighted by Gasteiger charge is 2.35. The van der Waals surface area contributed by atoms with Gasteiger partial charge < -0.3 is 0 Å². The Morgan fingerprint density at radius 3 is 2.42 bits per heavy atom. The quantitative estimate of drug-likeness (QED) is 0.739. The molecular formula is C18H19N. The maximum atomic E-state index is 2.68. The van der Waals surface area contributed by atoms with Crippen LogP contribution in [-0.4, -0.2) is 18.0 Å². The van der Waals surface area contributed by atoms with E-state index in [4.69, 9.17) is 0 Å². The normalized spacial score (nSPS) is 25.9. The summed E-state index contributed by atoms with van der Waals surface area (Å²) < 4.78 is 0. The molecule has 1 heteroatoms. The van der Waals surface area contributed by atoms with Gasteiger partial charge in [0.15, 0.2) is 0 Å². The summed E-state index contributed by atoms with van der Waals surface area (Å²) >= 11 is 0. The van der Waals surface area contributed by atoms with E-state index in [2.05, 4.69) is 59.5 Å². The zero-order valence-electron chi connectivity index (χ0n) is 11.1. The van der Waals surface area contributed by atoms with Crippen molar-refractivity contribution in [3.05, 3.63) is 71.3 Å².